The molecule has 4 N–H and O–H groups in total. The number of alkyl carbamates (subject to hydrolysis) is 1. The number of anilines is 1. The van der Waals surface area contributed by atoms with Gasteiger partial charge in [-0.3, -0.25) is 9.59 Å². The third-order valence-electron chi connectivity index (χ3n) is 6.34. The van der Waals surface area contributed by atoms with E-state index in [1.54, 1.807) is 6.07 Å². The van der Waals surface area contributed by atoms with Crippen molar-refractivity contribution in [3.63, 3.8) is 0 Å². The Morgan fingerprint density at radius 3 is 2.31 bits per heavy atom. The molecule has 1 fully saturated rings. The number of aryl methyl sites for hydroxylation is 2. The average Bonchev–Trinajstić information content (AvgIpc) is 2.75. The Kier molecular flexibility index (Phi) is 8.87. The van der Waals surface area contributed by atoms with Gasteiger partial charge in [-0.1, -0.05) is 15.9 Å². The first-order valence-corrected chi connectivity index (χ1v) is 13.2. The predicted molar refractivity (Wildman–Crippen MR) is 146 cm³/mol. The van der Waals surface area contributed by atoms with Crippen LogP contribution in [0.25, 0.3) is 0 Å². The topological polar surface area (TPSA) is 112 Å². The number of amides is 2. The Bertz CT molecular complexity index is 1180. The first-order valence-electron chi connectivity index (χ1n) is 12.4. The molecule has 0 spiro atoms. The van der Waals surface area contributed by atoms with E-state index in [1.165, 1.54) is 0 Å². The number of H-pyrrole nitrogens is 1. The largest absolute Gasteiger partial charge is 0.444 e. The number of ether oxygens (including phenoxy) is 1. The molecule has 1 aliphatic carbocycles. The van der Waals surface area contributed by atoms with Crippen LogP contribution in [0.15, 0.2) is 27.5 Å². The Hall–Kier alpha value is -2.81. The molecule has 0 aliphatic heterocycles. The minimum Gasteiger partial charge on any atom is -0.444 e. The van der Waals surface area contributed by atoms with Gasteiger partial charge in [0.1, 0.15) is 5.60 Å². The Labute approximate surface area is 221 Å². The zero-order valence-corrected chi connectivity index (χ0v) is 23.5. The lowest BCUT2D eigenvalue weighted by Crippen LogP contribution is -2.42. The Balaban J connectivity index is 1.61. The van der Waals surface area contributed by atoms with E-state index in [2.05, 4.69) is 36.9 Å². The summed E-state index contributed by atoms with van der Waals surface area (Å²) < 4.78 is 6.16. The SMILES string of the molecule is Cc1cc(C)c(CNC(=O)c2cc(Br)cc(NC3CCC(NC(=O)OC(C)(C)C)CC3)c2C)c(=O)[nH]1. The van der Waals surface area contributed by atoms with E-state index < -0.39 is 5.60 Å². The van der Waals surface area contributed by atoms with Gasteiger partial charge in [0, 0.05) is 45.6 Å². The van der Waals surface area contributed by atoms with Crippen LogP contribution in [0.3, 0.4) is 0 Å². The number of hydrogen-bond donors (Lipinski definition) is 4. The highest BCUT2D eigenvalue weighted by Crippen LogP contribution is 2.29. The van der Waals surface area contributed by atoms with Crippen LogP contribution < -0.4 is 21.5 Å². The maximum Gasteiger partial charge on any atom is 0.407 e. The minimum atomic E-state index is -0.514. The molecule has 1 aliphatic rings. The van der Waals surface area contributed by atoms with Gasteiger partial charge < -0.3 is 25.7 Å². The fourth-order valence-electron chi connectivity index (χ4n) is 4.51. The Morgan fingerprint density at radius 2 is 1.69 bits per heavy atom. The van der Waals surface area contributed by atoms with E-state index >= 15 is 0 Å². The predicted octanol–water partition coefficient (Wildman–Crippen LogP) is 5.24. The first-order chi connectivity index (χ1) is 16.8. The first kappa shape index (κ1) is 27.8. The molecule has 3 rings (SSSR count). The fourth-order valence-corrected chi connectivity index (χ4v) is 4.96. The highest BCUT2D eigenvalue weighted by atomic mass is 79.9. The van der Waals surface area contributed by atoms with Crippen molar-refractivity contribution in [2.24, 2.45) is 0 Å². The van der Waals surface area contributed by atoms with Crippen molar-refractivity contribution in [3.8, 4) is 0 Å². The van der Waals surface area contributed by atoms with Crippen LogP contribution in [0.1, 0.15) is 79.2 Å². The molecule has 2 amide bonds. The fraction of sp³-hybridized carbons (Fsp3) is 0.519. The van der Waals surface area contributed by atoms with Crippen LogP contribution in [-0.4, -0.2) is 34.7 Å². The van der Waals surface area contributed by atoms with Gasteiger partial charge in [-0.25, -0.2) is 4.79 Å². The van der Waals surface area contributed by atoms with Gasteiger partial charge in [0.05, 0.1) is 0 Å². The average molecular weight is 562 g/mol. The summed E-state index contributed by atoms with van der Waals surface area (Å²) in [6, 6.07) is 6.00. The molecular formula is C27H37BrN4O4. The molecule has 0 bridgehead atoms. The zero-order valence-electron chi connectivity index (χ0n) is 21.9. The van der Waals surface area contributed by atoms with E-state index in [9.17, 15) is 14.4 Å². The number of pyridine rings is 1. The Morgan fingerprint density at radius 1 is 1.06 bits per heavy atom. The van der Waals surface area contributed by atoms with Crippen LogP contribution in [0.4, 0.5) is 10.5 Å². The zero-order chi connectivity index (χ0) is 26.6. The maximum atomic E-state index is 13.0. The van der Waals surface area contributed by atoms with Gasteiger partial charge in [-0.2, -0.15) is 0 Å². The van der Waals surface area contributed by atoms with E-state index in [0.29, 0.717) is 11.1 Å². The lowest BCUT2D eigenvalue weighted by atomic mass is 9.90. The van der Waals surface area contributed by atoms with Crippen molar-refractivity contribution in [3.05, 3.63) is 61.0 Å². The van der Waals surface area contributed by atoms with Crippen molar-refractivity contribution >= 4 is 33.6 Å². The monoisotopic (exact) mass is 560 g/mol. The van der Waals surface area contributed by atoms with Crippen molar-refractivity contribution in [2.45, 2.75) is 91.5 Å². The number of carbonyl (C=O) groups excluding carboxylic acids is 2. The van der Waals surface area contributed by atoms with Gasteiger partial charge in [-0.15, -0.1) is 0 Å². The highest BCUT2D eigenvalue weighted by molar-refractivity contribution is 9.10. The number of aromatic amines is 1. The molecule has 9 heteroatoms. The summed E-state index contributed by atoms with van der Waals surface area (Å²) in [4.78, 5) is 40.2. The quantitative estimate of drug-likeness (QED) is 0.386. The summed E-state index contributed by atoms with van der Waals surface area (Å²) in [6.07, 6.45) is 3.11. The number of carbonyl (C=O) groups is 2. The number of hydrogen-bond acceptors (Lipinski definition) is 5. The summed E-state index contributed by atoms with van der Waals surface area (Å²) in [7, 11) is 0. The molecule has 8 nitrogen and oxygen atoms in total. The third-order valence-corrected chi connectivity index (χ3v) is 6.80. The van der Waals surface area contributed by atoms with E-state index in [0.717, 1.165) is 52.7 Å². The number of benzene rings is 1. The minimum absolute atomic E-state index is 0.0937. The molecule has 196 valence electrons. The number of nitrogens with one attached hydrogen (secondary N) is 4. The molecule has 1 saturated carbocycles. The number of rotatable bonds is 6. The van der Waals surface area contributed by atoms with Crippen molar-refractivity contribution in [2.75, 3.05) is 5.32 Å². The standard InChI is InChI=1S/C27H37BrN4O4/c1-15-11-16(2)30-25(34)22(15)14-29-24(33)21-12-18(28)13-23(17(21)3)31-19-7-9-20(10-8-19)32-26(35)36-27(4,5)6/h11-13,19-20,31H,7-10,14H2,1-6H3,(H,29,33)(H,30,34)(H,32,35). The number of halogens is 1. The second kappa shape index (κ2) is 11.5. The van der Waals surface area contributed by atoms with Gasteiger partial charge in [0.2, 0.25) is 0 Å². The molecule has 2 aromatic rings. The lowest BCUT2D eigenvalue weighted by molar-refractivity contribution is 0.0492. The summed E-state index contributed by atoms with van der Waals surface area (Å²) in [5.74, 6) is -0.235. The third kappa shape index (κ3) is 7.59. The normalized spacial score (nSPS) is 17.9. The summed E-state index contributed by atoms with van der Waals surface area (Å²) in [6.45, 7) is 11.3. The molecule has 1 aromatic carbocycles. The highest BCUT2D eigenvalue weighted by Gasteiger charge is 2.25. The van der Waals surface area contributed by atoms with Crippen LogP contribution in [0.5, 0.6) is 0 Å². The molecule has 0 atom stereocenters. The summed E-state index contributed by atoms with van der Waals surface area (Å²) in [5, 5.41) is 9.45. The molecule has 36 heavy (non-hydrogen) atoms. The van der Waals surface area contributed by atoms with Crippen molar-refractivity contribution in [1.82, 2.24) is 15.6 Å². The van der Waals surface area contributed by atoms with E-state index in [4.69, 9.17) is 4.74 Å². The van der Waals surface area contributed by atoms with Crippen LogP contribution in [0, 0.1) is 20.8 Å². The van der Waals surface area contributed by atoms with Crippen LogP contribution >= 0.6 is 15.9 Å². The summed E-state index contributed by atoms with van der Waals surface area (Å²) in [5.41, 5.74) is 3.78. The van der Waals surface area contributed by atoms with Gasteiger partial charge in [0.25, 0.3) is 11.5 Å². The molecule has 0 radical (unpaired) electrons. The molecule has 0 unspecified atom stereocenters. The lowest BCUT2D eigenvalue weighted by Gasteiger charge is -2.31. The van der Waals surface area contributed by atoms with Gasteiger partial charge in [0.15, 0.2) is 0 Å². The smallest absolute Gasteiger partial charge is 0.407 e. The van der Waals surface area contributed by atoms with Crippen LogP contribution in [0.2, 0.25) is 0 Å². The second-order valence-corrected chi connectivity index (χ2v) is 11.5. The summed E-state index contributed by atoms with van der Waals surface area (Å²) >= 11 is 3.53. The molecule has 1 aromatic heterocycles. The number of aromatic nitrogens is 1. The van der Waals surface area contributed by atoms with Crippen molar-refractivity contribution in [1.29, 1.82) is 0 Å². The maximum absolute atomic E-state index is 13.0. The van der Waals surface area contributed by atoms with Crippen LogP contribution in [-0.2, 0) is 11.3 Å². The molecule has 0 saturated heterocycles. The molecular weight excluding hydrogens is 524 g/mol. The second-order valence-electron chi connectivity index (χ2n) is 10.6. The van der Waals surface area contributed by atoms with E-state index in [1.807, 2.05) is 53.7 Å². The van der Waals surface area contributed by atoms with Crippen molar-refractivity contribution < 1.29 is 14.3 Å². The van der Waals surface area contributed by atoms with E-state index in [-0.39, 0.29) is 36.2 Å². The van der Waals surface area contributed by atoms with Gasteiger partial charge >= 0.3 is 6.09 Å². The van der Waals surface area contributed by atoms with Gasteiger partial charge in [-0.05, 0) is 96.6 Å². The molecule has 1 heterocycles.